The second-order valence-electron chi connectivity index (χ2n) is 6.20. The number of nitrogens with one attached hydrogen (secondary N) is 2. The van der Waals surface area contributed by atoms with Gasteiger partial charge in [0.1, 0.15) is 17.4 Å². The summed E-state index contributed by atoms with van der Waals surface area (Å²) in [7, 11) is 1.60. The number of ether oxygens (including phenoxy) is 1. The van der Waals surface area contributed by atoms with Crippen LogP contribution in [0, 0.1) is 11.3 Å². The van der Waals surface area contributed by atoms with E-state index in [4.69, 9.17) is 4.74 Å². The first kappa shape index (κ1) is 18.9. The Kier molecular flexibility index (Phi) is 5.87. The molecule has 0 aliphatic carbocycles. The van der Waals surface area contributed by atoms with Crippen molar-refractivity contribution in [2.75, 3.05) is 7.11 Å². The fourth-order valence-corrected chi connectivity index (χ4v) is 2.80. The van der Waals surface area contributed by atoms with Crippen molar-refractivity contribution >= 4 is 12.0 Å². The number of aromatic amines is 1. The van der Waals surface area contributed by atoms with Crippen molar-refractivity contribution in [3.63, 3.8) is 0 Å². The quantitative estimate of drug-likeness (QED) is 0.508. The molecule has 0 saturated carbocycles. The third kappa shape index (κ3) is 4.27. The average molecular weight is 372 g/mol. The number of hydrogen-bond donors (Lipinski definition) is 2. The summed E-state index contributed by atoms with van der Waals surface area (Å²) >= 11 is 0. The number of aromatic nitrogens is 2. The summed E-state index contributed by atoms with van der Waals surface area (Å²) < 4.78 is 5.17. The van der Waals surface area contributed by atoms with Crippen molar-refractivity contribution in [3.05, 3.63) is 77.5 Å². The molecular weight excluding hydrogens is 352 g/mol. The van der Waals surface area contributed by atoms with Crippen molar-refractivity contribution in [3.8, 4) is 23.1 Å². The van der Waals surface area contributed by atoms with Crippen LogP contribution in [0.3, 0.4) is 0 Å². The summed E-state index contributed by atoms with van der Waals surface area (Å²) in [6.45, 7) is 1.88. The first-order valence-electron chi connectivity index (χ1n) is 8.77. The molecular formula is C22H20N4O2. The van der Waals surface area contributed by atoms with Gasteiger partial charge in [-0.05, 0) is 42.8 Å². The van der Waals surface area contributed by atoms with Crippen molar-refractivity contribution in [2.45, 2.75) is 13.0 Å². The molecule has 28 heavy (non-hydrogen) atoms. The van der Waals surface area contributed by atoms with Crippen LogP contribution >= 0.6 is 0 Å². The van der Waals surface area contributed by atoms with Crippen LogP contribution < -0.4 is 10.1 Å². The van der Waals surface area contributed by atoms with Gasteiger partial charge in [0.2, 0.25) is 0 Å². The second-order valence-corrected chi connectivity index (χ2v) is 6.20. The molecule has 0 saturated heterocycles. The maximum Gasteiger partial charge on any atom is 0.262 e. The number of nitrogens with zero attached hydrogens (tertiary/aromatic N) is 2. The summed E-state index contributed by atoms with van der Waals surface area (Å²) in [6.07, 6.45) is 3.13. The zero-order valence-electron chi connectivity index (χ0n) is 15.6. The Bertz CT molecular complexity index is 1010. The smallest absolute Gasteiger partial charge is 0.262 e. The zero-order chi connectivity index (χ0) is 19.9. The van der Waals surface area contributed by atoms with Crippen LogP contribution in [0.4, 0.5) is 0 Å². The maximum absolute atomic E-state index is 12.6. The fourth-order valence-electron chi connectivity index (χ4n) is 2.80. The summed E-state index contributed by atoms with van der Waals surface area (Å²) in [6, 6.07) is 18.8. The van der Waals surface area contributed by atoms with Crippen molar-refractivity contribution < 1.29 is 9.53 Å². The van der Waals surface area contributed by atoms with E-state index in [9.17, 15) is 10.1 Å². The summed E-state index contributed by atoms with van der Waals surface area (Å²) in [4.78, 5) is 12.6. The largest absolute Gasteiger partial charge is 0.497 e. The van der Waals surface area contributed by atoms with Crippen molar-refractivity contribution in [1.29, 1.82) is 5.26 Å². The van der Waals surface area contributed by atoms with Crippen LogP contribution in [0.5, 0.6) is 5.75 Å². The van der Waals surface area contributed by atoms with Gasteiger partial charge in [0, 0.05) is 11.1 Å². The van der Waals surface area contributed by atoms with Gasteiger partial charge in [0.25, 0.3) is 5.91 Å². The van der Waals surface area contributed by atoms with E-state index in [-0.39, 0.29) is 11.6 Å². The molecule has 140 valence electrons. The van der Waals surface area contributed by atoms with Gasteiger partial charge >= 0.3 is 0 Å². The van der Waals surface area contributed by atoms with Gasteiger partial charge in [-0.1, -0.05) is 30.3 Å². The zero-order valence-corrected chi connectivity index (χ0v) is 15.6. The van der Waals surface area contributed by atoms with Crippen LogP contribution in [0.25, 0.3) is 17.3 Å². The van der Waals surface area contributed by atoms with Crippen molar-refractivity contribution in [2.24, 2.45) is 0 Å². The predicted octanol–water partition coefficient (Wildman–Crippen LogP) is 3.87. The number of methoxy groups -OCH3 is 1. The lowest BCUT2D eigenvalue weighted by molar-refractivity contribution is -0.117. The molecule has 1 amide bonds. The van der Waals surface area contributed by atoms with Gasteiger partial charge in [0.05, 0.1) is 25.0 Å². The van der Waals surface area contributed by atoms with Crippen LogP contribution in [0.1, 0.15) is 24.1 Å². The normalized spacial score (nSPS) is 12.1. The monoisotopic (exact) mass is 372 g/mol. The standard InChI is InChI=1S/C22H20N4O2/c1-15(16-6-4-3-5-7-16)25-22(27)18(13-23)12-19-14-24-26-21(19)17-8-10-20(28-2)11-9-17/h3-12,14-15H,1-2H3,(H,24,26)(H,25,27). The van der Waals surface area contributed by atoms with E-state index < -0.39 is 5.91 Å². The minimum Gasteiger partial charge on any atom is -0.497 e. The number of H-pyrrole nitrogens is 1. The molecule has 3 aromatic rings. The maximum atomic E-state index is 12.6. The van der Waals surface area contributed by atoms with E-state index in [2.05, 4.69) is 15.5 Å². The SMILES string of the molecule is COc1ccc(-c2[nH]ncc2C=C(C#N)C(=O)NC(C)c2ccccc2)cc1. The van der Waals surface area contributed by atoms with Crippen LogP contribution in [-0.4, -0.2) is 23.2 Å². The lowest BCUT2D eigenvalue weighted by Crippen LogP contribution is -2.27. The Morgan fingerprint density at radius 1 is 1.21 bits per heavy atom. The Morgan fingerprint density at radius 3 is 2.57 bits per heavy atom. The van der Waals surface area contributed by atoms with E-state index in [0.717, 1.165) is 22.6 Å². The molecule has 0 bridgehead atoms. The number of nitriles is 1. The van der Waals surface area contributed by atoms with E-state index in [1.165, 1.54) is 6.08 Å². The minimum atomic E-state index is -0.430. The average Bonchev–Trinajstić information content (AvgIpc) is 3.20. The third-order valence-electron chi connectivity index (χ3n) is 4.36. The molecule has 0 aliphatic rings. The van der Waals surface area contributed by atoms with Crippen LogP contribution in [0.2, 0.25) is 0 Å². The second kappa shape index (κ2) is 8.69. The molecule has 6 heteroatoms. The minimum absolute atomic E-state index is 0.0129. The molecule has 2 N–H and O–H groups in total. The van der Waals surface area contributed by atoms with Gasteiger partial charge in [-0.3, -0.25) is 9.89 Å². The molecule has 0 radical (unpaired) electrons. The van der Waals surface area contributed by atoms with Gasteiger partial charge in [-0.2, -0.15) is 10.4 Å². The lowest BCUT2D eigenvalue weighted by Gasteiger charge is -2.13. The number of carbonyl (C=O) groups is 1. The molecule has 1 atom stereocenters. The van der Waals surface area contributed by atoms with Crippen LogP contribution in [0.15, 0.2) is 66.4 Å². The Labute approximate surface area is 163 Å². The first-order valence-corrected chi connectivity index (χ1v) is 8.77. The lowest BCUT2D eigenvalue weighted by atomic mass is 10.0. The molecule has 1 heterocycles. The Hall–Kier alpha value is -3.85. The fraction of sp³-hybridized carbons (Fsp3) is 0.136. The number of rotatable bonds is 6. The molecule has 0 spiro atoms. The Morgan fingerprint density at radius 2 is 1.93 bits per heavy atom. The highest BCUT2D eigenvalue weighted by molar-refractivity contribution is 6.02. The van der Waals surface area contributed by atoms with E-state index in [1.807, 2.05) is 67.6 Å². The summed E-state index contributed by atoms with van der Waals surface area (Å²) in [5.41, 5.74) is 3.23. The van der Waals surface area contributed by atoms with Gasteiger partial charge in [0.15, 0.2) is 0 Å². The highest BCUT2D eigenvalue weighted by atomic mass is 16.5. The van der Waals surface area contributed by atoms with E-state index in [0.29, 0.717) is 5.56 Å². The van der Waals surface area contributed by atoms with E-state index >= 15 is 0 Å². The topological polar surface area (TPSA) is 90.8 Å². The summed E-state index contributed by atoms with van der Waals surface area (Å²) in [5, 5.41) is 19.3. The Balaban J connectivity index is 1.82. The van der Waals surface area contributed by atoms with Gasteiger partial charge in [-0.15, -0.1) is 0 Å². The van der Waals surface area contributed by atoms with Crippen LogP contribution in [-0.2, 0) is 4.79 Å². The summed E-state index contributed by atoms with van der Waals surface area (Å²) in [5.74, 6) is 0.313. The van der Waals surface area contributed by atoms with Gasteiger partial charge in [-0.25, -0.2) is 0 Å². The molecule has 2 aromatic carbocycles. The highest BCUT2D eigenvalue weighted by Crippen LogP contribution is 2.25. The number of hydrogen-bond acceptors (Lipinski definition) is 4. The highest BCUT2D eigenvalue weighted by Gasteiger charge is 2.15. The number of carbonyl (C=O) groups excluding carboxylic acids is 1. The molecule has 3 rings (SSSR count). The number of amides is 1. The molecule has 1 unspecified atom stereocenters. The first-order chi connectivity index (χ1) is 13.6. The molecule has 0 fully saturated rings. The molecule has 0 aliphatic heterocycles. The van der Waals surface area contributed by atoms with E-state index in [1.54, 1.807) is 13.3 Å². The molecule has 6 nitrogen and oxygen atoms in total. The van der Waals surface area contributed by atoms with Gasteiger partial charge < -0.3 is 10.1 Å². The third-order valence-corrected chi connectivity index (χ3v) is 4.36. The number of benzene rings is 2. The van der Waals surface area contributed by atoms with Crippen molar-refractivity contribution in [1.82, 2.24) is 15.5 Å². The predicted molar refractivity (Wildman–Crippen MR) is 107 cm³/mol. The molecule has 1 aromatic heterocycles.